The zero-order valence-corrected chi connectivity index (χ0v) is 16.7. The number of carbonyl (C=O) groups excluding carboxylic acids is 1. The predicted molar refractivity (Wildman–Crippen MR) is 105 cm³/mol. The molecule has 1 N–H and O–H groups in total. The molecule has 1 aromatic carbocycles. The van der Waals surface area contributed by atoms with E-state index in [2.05, 4.69) is 31.0 Å². The molecule has 1 fully saturated rings. The highest BCUT2D eigenvalue weighted by atomic mass is 16.5. The molecule has 1 aromatic rings. The topological polar surface area (TPSA) is 50.8 Å². The Kier molecular flexibility index (Phi) is 8.39. The molecule has 1 aliphatic rings. The second-order valence-electron chi connectivity index (χ2n) is 7.58. The number of benzene rings is 1. The van der Waals surface area contributed by atoms with Crippen molar-refractivity contribution >= 4 is 5.91 Å². The van der Waals surface area contributed by atoms with Gasteiger partial charge in [-0.25, -0.2) is 0 Å². The number of carbonyl (C=O) groups is 1. The summed E-state index contributed by atoms with van der Waals surface area (Å²) < 4.78 is 10.7. The van der Waals surface area contributed by atoms with Crippen molar-refractivity contribution in [2.24, 2.45) is 11.8 Å². The number of hydrogen-bond donors (Lipinski definition) is 1. The van der Waals surface area contributed by atoms with Crippen LogP contribution in [0.4, 0.5) is 0 Å². The second kappa shape index (κ2) is 10.5. The van der Waals surface area contributed by atoms with E-state index in [0.717, 1.165) is 19.0 Å². The van der Waals surface area contributed by atoms with E-state index in [1.807, 2.05) is 24.3 Å². The van der Waals surface area contributed by atoms with Crippen molar-refractivity contribution in [3.05, 3.63) is 29.8 Å². The number of nitrogens with zero attached hydrogens (tertiary/aromatic N) is 1. The molecule has 1 atom stereocenters. The van der Waals surface area contributed by atoms with Gasteiger partial charge in [-0.1, -0.05) is 32.9 Å². The van der Waals surface area contributed by atoms with Crippen LogP contribution in [0.25, 0.3) is 0 Å². The van der Waals surface area contributed by atoms with Gasteiger partial charge in [0.1, 0.15) is 12.4 Å². The van der Waals surface area contributed by atoms with Crippen molar-refractivity contribution in [2.45, 2.75) is 39.7 Å². The Morgan fingerprint density at radius 2 is 1.92 bits per heavy atom. The van der Waals surface area contributed by atoms with Gasteiger partial charge in [-0.05, 0) is 49.9 Å². The van der Waals surface area contributed by atoms with E-state index in [4.69, 9.17) is 9.47 Å². The molecule has 1 unspecified atom stereocenters. The summed E-state index contributed by atoms with van der Waals surface area (Å²) in [7, 11) is 1.63. The summed E-state index contributed by atoms with van der Waals surface area (Å²) in [6.45, 7) is 10.6. The average molecular weight is 363 g/mol. The molecule has 146 valence electrons. The first kappa shape index (κ1) is 20.7. The molecule has 0 aromatic heterocycles. The fraction of sp³-hybridized carbons (Fsp3) is 0.667. The van der Waals surface area contributed by atoms with Gasteiger partial charge >= 0.3 is 0 Å². The monoisotopic (exact) mass is 362 g/mol. The van der Waals surface area contributed by atoms with Crippen LogP contribution in [0.1, 0.15) is 44.0 Å². The molecule has 5 nitrogen and oxygen atoms in total. The SMILES string of the molecule is COCCOc1ccccc1C(=O)NCC(C(C)C)N1CCC(C)CC1. The molecule has 0 bridgehead atoms. The Hall–Kier alpha value is -1.59. The maximum Gasteiger partial charge on any atom is 0.255 e. The molecule has 5 heteroatoms. The van der Waals surface area contributed by atoms with Gasteiger partial charge in [-0.2, -0.15) is 0 Å². The fourth-order valence-corrected chi connectivity index (χ4v) is 3.45. The molecule has 1 saturated heterocycles. The van der Waals surface area contributed by atoms with Crippen LogP contribution in [0.5, 0.6) is 5.75 Å². The predicted octanol–water partition coefficient (Wildman–Crippen LogP) is 3.20. The summed E-state index contributed by atoms with van der Waals surface area (Å²) in [5.41, 5.74) is 0.582. The maximum absolute atomic E-state index is 12.7. The Labute approximate surface area is 158 Å². The number of piperidine rings is 1. The van der Waals surface area contributed by atoms with Crippen LogP contribution in [-0.4, -0.2) is 56.8 Å². The Balaban J connectivity index is 1.95. The number of para-hydroxylation sites is 1. The lowest BCUT2D eigenvalue weighted by atomic mass is 9.94. The van der Waals surface area contributed by atoms with Crippen LogP contribution in [0, 0.1) is 11.8 Å². The smallest absolute Gasteiger partial charge is 0.255 e. The number of nitrogens with one attached hydrogen (secondary N) is 1. The standard InChI is InChI=1S/C21H34N2O3/c1-16(2)19(23-11-9-17(3)10-12-23)15-22-21(24)18-7-5-6-8-20(18)26-14-13-25-4/h5-8,16-17,19H,9-15H2,1-4H3,(H,22,24). The molecule has 1 heterocycles. The van der Waals surface area contributed by atoms with Crippen LogP contribution >= 0.6 is 0 Å². The Morgan fingerprint density at radius 1 is 1.23 bits per heavy atom. The molecule has 1 amide bonds. The highest BCUT2D eigenvalue weighted by molar-refractivity contribution is 5.96. The van der Waals surface area contributed by atoms with Gasteiger partial charge in [-0.3, -0.25) is 9.69 Å². The second-order valence-corrected chi connectivity index (χ2v) is 7.58. The minimum Gasteiger partial charge on any atom is -0.490 e. The highest BCUT2D eigenvalue weighted by Crippen LogP contribution is 2.22. The molecule has 0 saturated carbocycles. The number of rotatable bonds is 9. The van der Waals surface area contributed by atoms with E-state index >= 15 is 0 Å². The van der Waals surface area contributed by atoms with E-state index in [-0.39, 0.29) is 5.91 Å². The summed E-state index contributed by atoms with van der Waals surface area (Å²) in [6.07, 6.45) is 2.49. The van der Waals surface area contributed by atoms with Crippen molar-refractivity contribution in [1.29, 1.82) is 0 Å². The molecular weight excluding hydrogens is 328 g/mol. The molecular formula is C21H34N2O3. The number of hydrogen-bond acceptors (Lipinski definition) is 4. The summed E-state index contributed by atoms with van der Waals surface area (Å²) in [4.78, 5) is 15.3. The summed E-state index contributed by atoms with van der Waals surface area (Å²) in [6, 6.07) is 7.75. The number of likely N-dealkylation sites (tertiary alicyclic amines) is 1. The van der Waals surface area contributed by atoms with Gasteiger partial charge in [-0.15, -0.1) is 0 Å². The summed E-state index contributed by atoms with van der Waals surface area (Å²) >= 11 is 0. The van der Waals surface area contributed by atoms with Crippen LogP contribution in [0.3, 0.4) is 0 Å². The van der Waals surface area contributed by atoms with Gasteiger partial charge in [0.15, 0.2) is 0 Å². The van der Waals surface area contributed by atoms with Gasteiger partial charge in [0.05, 0.1) is 12.2 Å². The van der Waals surface area contributed by atoms with Crippen molar-refractivity contribution in [2.75, 3.05) is 40.0 Å². The quantitative estimate of drug-likeness (QED) is 0.686. The van der Waals surface area contributed by atoms with E-state index in [1.165, 1.54) is 12.8 Å². The highest BCUT2D eigenvalue weighted by Gasteiger charge is 2.26. The average Bonchev–Trinajstić information content (AvgIpc) is 2.63. The van der Waals surface area contributed by atoms with E-state index < -0.39 is 0 Å². The van der Waals surface area contributed by atoms with Gasteiger partial charge in [0.25, 0.3) is 5.91 Å². The van der Waals surface area contributed by atoms with Crippen molar-refractivity contribution < 1.29 is 14.3 Å². The Morgan fingerprint density at radius 3 is 2.58 bits per heavy atom. The molecule has 0 spiro atoms. The maximum atomic E-state index is 12.7. The summed E-state index contributed by atoms with van der Waals surface area (Å²) in [5.74, 6) is 1.84. The van der Waals surface area contributed by atoms with Crippen LogP contribution in [0.15, 0.2) is 24.3 Å². The lowest BCUT2D eigenvalue weighted by Gasteiger charge is -2.38. The molecule has 0 aliphatic carbocycles. The van der Waals surface area contributed by atoms with Crippen LogP contribution in [0.2, 0.25) is 0 Å². The minimum absolute atomic E-state index is 0.0750. The molecule has 2 rings (SSSR count). The number of methoxy groups -OCH3 is 1. The largest absolute Gasteiger partial charge is 0.490 e. The summed E-state index contributed by atoms with van der Waals surface area (Å²) in [5, 5.41) is 3.13. The van der Waals surface area contributed by atoms with Crippen LogP contribution < -0.4 is 10.1 Å². The van der Waals surface area contributed by atoms with Gasteiger partial charge < -0.3 is 14.8 Å². The first-order valence-corrected chi connectivity index (χ1v) is 9.76. The third-order valence-electron chi connectivity index (χ3n) is 5.21. The van der Waals surface area contributed by atoms with Crippen molar-refractivity contribution in [3.8, 4) is 5.75 Å². The van der Waals surface area contributed by atoms with Gasteiger partial charge in [0, 0.05) is 19.7 Å². The number of ether oxygens (including phenoxy) is 2. The van der Waals surface area contributed by atoms with E-state index in [0.29, 0.717) is 43.0 Å². The minimum atomic E-state index is -0.0750. The Bertz CT molecular complexity index is 554. The van der Waals surface area contributed by atoms with Crippen molar-refractivity contribution in [3.63, 3.8) is 0 Å². The molecule has 1 aliphatic heterocycles. The molecule has 26 heavy (non-hydrogen) atoms. The van der Waals surface area contributed by atoms with Crippen molar-refractivity contribution in [1.82, 2.24) is 10.2 Å². The lowest BCUT2D eigenvalue weighted by molar-refractivity contribution is 0.0857. The number of amides is 1. The zero-order valence-electron chi connectivity index (χ0n) is 16.7. The zero-order chi connectivity index (χ0) is 18.9. The first-order valence-electron chi connectivity index (χ1n) is 9.76. The fourth-order valence-electron chi connectivity index (χ4n) is 3.45. The third-order valence-corrected chi connectivity index (χ3v) is 5.21. The van der Waals surface area contributed by atoms with Gasteiger partial charge in [0.2, 0.25) is 0 Å². The first-order chi connectivity index (χ1) is 12.5. The van der Waals surface area contributed by atoms with E-state index in [9.17, 15) is 4.79 Å². The normalized spacial score (nSPS) is 17.3. The molecule has 0 radical (unpaired) electrons. The third kappa shape index (κ3) is 5.99. The van der Waals surface area contributed by atoms with E-state index in [1.54, 1.807) is 7.11 Å². The lowest BCUT2D eigenvalue weighted by Crippen LogP contribution is -2.49. The van der Waals surface area contributed by atoms with Crippen LogP contribution in [-0.2, 0) is 4.74 Å².